The van der Waals surface area contributed by atoms with E-state index in [1.807, 2.05) is 25.1 Å². The van der Waals surface area contributed by atoms with Crippen LogP contribution in [0.4, 0.5) is 0 Å². The molecule has 0 spiro atoms. The highest BCUT2D eigenvalue weighted by atomic mass is 16.5. The Morgan fingerprint density at radius 3 is 2.80 bits per heavy atom. The van der Waals surface area contributed by atoms with Crippen molar-refractivity contribution in [2.45, 2.75) is 46.4 Å². The molecule has 0 aliphatic rings. The highest BCUT2D eigenvalue weighted by molar-refractivity contribution is 5.33. The van der Waals surface area contributed by atoms with Crippen LogP contribution in [0.15, 0.2) is 28.8 Å². The zero-order valence-electron chi connectivity index (χ0n) is 12.2. The second-order valence-corrected chi connectivity index (χ2v) is 4.89. The van der Waals surface area contributed by atoms with Gasteiger partial charge in [-0.25, -0.2) is 0 Å². The summed E-state index contributed by atoms with van der Waals surface area (Å²) in [5.74, 6) is 2.07. The molecule has 1 aromatic heterocycles. The summed E-state index contributed by atoms with van der Waals surface area (Å²) in [4.78, 5) is 4.23. The van der Waals surface area contributed by atoms with Gasteiger partial charge in [-0.05, 0) is 6.07 Å². The van der Waals surface area contributed by atoms with Crippen molar-refractivity contribution in [3.05, 3.63) is 41.5 Å². The molecule has 0 radical (unpaired) electrons. The molecule has 0 atom stereocenters. The Morgan fingerprint density at radius 1 is 1.30 bits per heavy atom. The maximum atomic E-state index is 5.79. The summed E-state index contributed by atoms with van der Waals surface area (Å²) in [6.07, 6.45) is 0.738. The smallest absolute Gasteiger partial charge is 0.226 e. The summed E-state index contributed by atoms with van der Waals surface area (Å²) in [5.41, 5.74) is 1.13. The molecule has 2 aromatic rings. The molecule has 0 saturated carbocycles. The predicted molar refractivity (Wildman–Crippen MR) is 76.4 cm³/mol. The summed E-state index contributed by atoms with van der Waals surface area (Å²) in [6, 6.07) is 8.42. The normalized spacial score (nSPS) is 11.0. The minimum atomic E-state index is 0.322. The molecule has 5 nitrogen and oxygen atoms in total. The van der Waals surface area contributed by atoms with E-state index in [0.717, 1.165) is 24.3 Å². The van der Waals surface area contributed by atoms with Crippen LogP contribution in [0, 0.1) is 0 Å². The zero-order chi connectivity index (χ0) is 14.4. The molecule has 20 heavy (non-hydrogen) atoms. The molecule has 2 rings (SSSR count). The van der Waals surface area contributed by atoms with Crippen molar-refractivity contribution in [1.82, 2.24) is 15.5 Å². The Kier molecular flexibility index (Phi) is 5.12. The van der Waals surface area contributed by atoms with Gasteiger partial charge in [0.05, 0.1) is 0 Å². The largest absolute Gasteiger partial charge is 0.485 e. The Balaban J connectivity index is 1.97. The van der Waals surface area contributed by atoms with Crippen LogP contribution < -0.4 is 10.1 Å². The van der Waals surface area contributed by atoms with Crippen molar-refractivity contribution in [3.63, 3.8) is 0 Å². The van der Waals surface area contributed by atoms with Crippen LogP contribution in [-0.2, 0) is 19.6 Å². The fraction of sp³-hybridized carbons (Fsp3) is 0.467. The topological polar surface area (TPSA) is 60.2 Å². The number of hydrogen-bond donors (Lipinski definition) is 1. The van der Waals surface area contributed by atoms with Crippen LogP contribution in [0.3, 0.4) is 0 Å². The van der Waals surface area contributed by atoms with Crippen LogP contribution in [0.5, 0.6) is 5.75 Å². The minimum absolute atomic E-state index is 0.322. The SMILES string of the molecule is CCc1nc(COc2ccccc2CNC(C)C)no1. The third-order valence-electron chi connectivity index (χ3n) is 2.84. The van der Waals surface area contributed by atoms with E-state index in [1.54, 1.807) is 0 Å². The Morgan fingerprint density at radius 2 is 2.10 bits per heavy atom. The standard InChI is InChI=1S/C15H21N3O2/c1-4-15-17-14(18-20-15)10-19-13-8-6-5-7-12(13)9-16-11(2)3/h5-8,11,16H,4,9-10H2,1-3H3. The number of nitrogens with zero attached hydrogens (tertiary/aromatic N) is 2. The molecule has 1 N–H and O–H groups in total. The van der Waals surface area contributed by atoms with Crippen molar-refractivity contribution < 1.29 is 9.26 Å². The quantitative estimate of drug-likeness (QED) is 0.842. The van der Waals surface area contributed by atoms with Crippen LogP contribution in [-0.4, -0.2) is 16.2 Å². The number of ether oxygens (including phenoxy) is 1. The van der Waals surface area contributed by atoms with E-state index in [2.05, 4.69) is 35.4 Å². The van der Waals surface area contributed by atoms with Gasteiger partial charge >= 0.3 is 0 Å². The number of nitrogens with one attached hydrogen (secondary N) is 1. The first-order valence-corrected chi connectivity index (χ1v) is 6.94. The molecule has 1 heterocycles. The lowest BCUT2D eigenvalue weighted by atomic mass is 10.2. The lowest BCUT2D eigenvalue weighted by Gasteiger charge is -2.12. The summed E-state index contributed by atoms with van der Waals surface area (Å²) in [7, 11) is 0. The highest BCUT2D eigenvalue weighted by Gasteiger charge is 2.08. The van der Waals surface area contributed by atoms with Crippen LogP contribution in [0.25, 0.3) is 0 Å². The lowest BCUT2D eigenvalue weighted by molar-refractivity contribution is 0.282. The summed E-state index contributed by atoms with van der Waals surface area (Å²) in [5, 5.41) is 7.26. The van der Waals surface area contributed by atoms with Gasteiger partial charge in [0.25, 0.3) is 0 Å². The van der Waals surface area contributed by atoms with E-state index in [-0.39, 0.29) is 0 Å². The molecule has 0 aliphatic heterocycles. The van der Waals surface area contributed by atoms with E-state index in [9.17, 15) is 0 Å². The summed E-state index contributed by atoms with van der Waals surface area (Å²) in [6.45, 7) is 7.32. The first-order chi connectivity index (χ1) is 9.69. The first kappa shape index (κ1) is 14.5. The molecular weight excluding hydrogens is 254 g/mol. The number of aryl methyl sites for hydroxylation is 1. The van der Waals surface area contributed by atoms with Crippen molar-refractivity contribution >= 4 is 0 Å². The molecule has 0 saturated heterocycles. The second kappa shape index (κ2) is 7.05. The number of rotatable bonds is 7. The monoisotopic (exact) mass is 275 g/mol. The van der Waals surface area contributed by atoms with Crippen molar-refractivity contribution in [3.8, 4) is 5.75 Å². The fourth-order valence-electron chi connectivity index (χ4n) is 1.74. The maximum Gasteiger partial charge on any atom is 0.226 e. The molecule has 0 unspecified atom stereocenters. The Labute approximate surface area is 119 Å². The van der Waals surface area contributed by atoms with Gasteiger partial charge in [-0.1, -0.05) is 44.1 Å². The summed E-state index contributed by atoms with van der Waals surface area (Å²) < 4.78 is 10.8. The van der Waals surface area contributed by atoms with Gasteiger partial charge in [0, 0.05) is 24.6 Å². The third kappa shape index (κ3) is 4.06. The fourth-order valence-corrected chi connectivity index (χ4v) is 1.74. The third-order valence-corrected chi connectivity index (χ3v) is 2.84. The molecule has 0 aliphatic carbocycles. The maximum absolute atomic E-state index is 5.79. The number of aromatic nitrogens is 2. The summed E-state index contributed by atoms with van der Waals surface area (Å²) >= 11 is 0. The highest BCUT2D eigenvalue weighted by Crippen LogP contribution is 2.19. The number of benzene rings is 1. The van der Waals surface area contributed by atoms with Crippen LogP contribution in [0.2, 0.25) is 0 Å². The van der Waals surface area contributed by atoms with Gasteiger partial charge in [0.1, 0.15) is 5.75 Å². The van der Waals surface area contributed by atoms with Gasteiger partial charge in [0.15, 0.2) is 6.61 Å². The van der Waals surface area contributed by atoms with E-state index >= 15 is 0 Å². The van der Waals surface area contributed by atoms with Gasteiger partial charge in [-0.2, -0.15) is 4.98 Å². The van der Waals surface area contributed by atoms with Gasteiger partial charge in [-0.3, -0.25) is 0 Å². The number of para-hydroxylation sites is 1. The van der Waals surface area contributed by atoms with Gasteiger partial charge < -0.3 is 14.6 Å². The van der Waals surface area contributed by atoms with Crippen molar-refractivity contribution in [2.75, 3.05) is 0 Å². The number of hydrogen-bond acceptors (Lipinski definition) is 5. The average molecular weight is 275 g/mol. The van der Waals surface area contributed by atoms with E-state index in [0.29, 0.717) is 24.4 Å². The molecular formula is C15H21N3O2. The first-order valence-electron chi connectivity index (χ1n) is 6.94. The van der Waals surface area contributed by atoms with Crippen LogP contribution in [0.1, 0.15) is 38.0 Å². The Bertz CT molecular complexity index is 537. The van der Waals surface area contributed by atoms with Crippen LogP contribution >= 0.6 is 0 Å². The van der Waals surface area contributed by atoms with E-state index in [1.165, 1.54) is 0 Å². The average Bonchev–Trinajstić information content (AvgIpc) is 2.91. The minimum Gasteiger partial charge on any atom is -0.485 e. The zero-order valence-corrected chi connectivity index (χ0v) is 12.2. The van der Waals surface area contributed by atoms with Gasteiger partial charge in [0.2, 0.25) is 11.7 Å². The van der Waals surface area contributed by atoms with Crippen molar-refractivity contribution in [1.29, 1.82) is 0 Å². The Hall–Kier alpha value is -1.88. The molecule has 108 valence electrons. The second-order valence-electron chi connectivity index (χ2n) is 4.89. The van der Waals surface area contributed by atoms with Crippen molar-refractivity contribution in [2.24, 2.45) is 0 Å². The molecule has 0 amide bonds. The molecule has 0 fully saturated rings. The van der Waals surface area contributed by atoms with Gasteiger partial charge in [-0.15, -0.1) is 0 Å². The predicted octanol–water partition coefficient (Wildman–Crippen LogP) is 2.71. The lowest BCUT2D eigenvalue weighted by Crippen LogP contribution is -2.22. The molecule has 1 aromatic carbocycles. The van der Waals surface area contributed by atoms with E-state index < -0.39 is 0 Å². The molecule has 0 bridgehead atoms. The van der Waals surface area contributed by atoms with E-state index in [4.69, 9.17) is 9.26 Å². The molecule has 5 heteroatoms.